The molecule has 1 aromatic heterocycles. The van der Waals surface area contributed by atoms with E-state index in [0.29, 0.717) is 11.1 Å². The molecule has 1 aromatic carbocycles. The van der Waals surface area contributed by atoms with Crippen LogP contribution in [0.4, 0.5) is 11.5 Å². The average Bonchev–Trinajstić information content (AvgIpc) is 3.21. The van der Waals surface area contributed by atoms with Crippen LogP contribution < -0.4 is 10.6 Å². The minimum atomic E-state index is 0.522. The van der Waals surface area contributed by atoms with E-state index in [4.69, 9.17) is 17.3 Å². The normalized spacial score (nSPS) is 14.4. The highest BCUT2D eigenvalue weighted by Gasteiger charge is 2.31. The number of hydrogen-bond acceptors (Lipinski definition) is 4. The van der Waals surface area contributed by atoms with Crippen molar-refractivity contribution in [1.82, 2.24) is 9.97 Å². The Balaban J connectivity index is 1.88. The van der Waals surface area contributed by atoms with Gasteiger partial charge >= 0.3 is 0 Å². The lowest BCUT2D eigenvalue weighted by Gasteiger charge is -2.24. The van der Waals surface area contributed by atoms with E-state index < -0.39 is 0 Å². The number of benzene rings is 1. The first-order valence-corrected chi connectivity index (χ1v) is 6.68. The Morgan fingerprint density at radius 2 is 2.21 bits per heavy atom. The predicted octanol–water partition coefficient (Wildman–Crippen LogP) is 2.88. The minimum absolute atomic E-state index is 0.522. The van der Waals surface area contributed by atoms with E-state index in [0.717, 1.165) is 18.1 Å². The van der Waals surface area contributed by atoms with Gasteiger partial charge in [-0.05, 0) is 30.5 Å². The fraction of sp³-hybridized carbons (Fsp3) is 0.286. The highest BCUT2D eigenvalue weighted by atomic mass is 35.5. The molecule has 0 aliphatic heterocycles. The van der Waals surface area contributed by atoms with Gasteiger partial charge in [-0.2, -0.15) is 0 Å². The maximum Gasteiger partial charge on any atom is 0.151 e. The number of aromatic nitrogens is 2. The van der Waals surface area contributed by atoms with E-state index in [1.165, 1.54) is 24.7 Å². The number of nitrogens with two attached hydrogens (primary N) is 1. The molecule has 0 spiro atoms. The van der Waals surface area contributed by atoms with Gasteiger partial charge < -0.3 is 10.6 Å². The third kappa shape index (κ3) is 2.79. The van der Waals surface area contributed by atoms with Crippen molar-refractivity contribution in [2.45, 2.75) is 25.4 Å². The second-order valence-electron chi connectivity index (χ2n) is 4.80. The number of nitrogens with zero attached hydrogens (tertiary/aromatic N) is 3. The first kappa shape index (κ1) is 12.2. The van der Waals surface area contributed by atoms with Crippen LogP contribution in [0.25, 0.3) is 0 Å². The Morgan fingerprint density at radius 1 is 1.37 bits per heavy atom. The molecule has 5 heteroatoms. The molecule has 0 amide bonds. The molecule has 0 atom stereocenters. The van der Waals surface area contributed by atoms with Crippen LogP contribution in [0.2, 0.25) is 5.02 Å². The summed E-state index contributed by atoms with van der Waals surface area (Å²) < 4.78 is 0. The van der Waals surface area contributed by atoms with Crippen LogP contribution in [0.5, 0.6) is 0 Å². The molecule has 4 nitrogen and oxygen atoms in total. The molecule has 0 unspecified atom stereocenters. The quantitative estimate of drug-likeness (QED) is 0.871. The smallest absolute Gasteiger partial charge is 0.151 e. The highest BCUT2D eigenvalue weighted by Crippen LogP contribution is 2.35. The standard InChI is InChI=1S/C14H15ClN4/c15-13-7-17-9-18-14(13)19(12-4-5-12)8-10-2-1-3-11(16)6-10/h1-3,6-7,9,12H,4-5,8,16H2. The summed E-state index contributed by atoms with van der Waals surface area (Å²) in [6, 6.07) is 8.44. The van der Waals surface area contributed by atoms with Crippen LogP contribution >= 0.6 is 11.6 Å². The zero-order chi connectivity index (χ0) is 13.2. The van der Waals surface area contributed by atoms with Gasteiger partial charge in [0.25, 0.3) is 0 Å². The van der Waals surface area contributed by atoms with E-state index >= 15 is 0 Å². The number of rotatable bonds is 4. The predicted molar refractivity (Wildman–Crippen MR) is 77.1 cm³/mol. The molecule has 2 N–H and O–H groups in total. The van der Waals surface area contributed by atoms with Crippen LogP contribution in [0.15, 0.2) is 36.8 Å². The Labute approximate surface area is 117 Å². The molecular formula is C14H15ClN4. The topological polar surface area (TPSA) is 55.0 Å². The zero-order valence-corrected chi connectivity index (χ0v) is 11.2. The van der Waals surface area contributed by atoms with Gasteiger partial charge in [-0.3, -0.25) is 0 Å². The van der Waals surface area contributed by atoms with Crippen molar-refractivity contribution >= 4 is 23.1 Å². The van der Waals surface area contributed by atoms with Crippen LogP contribution in [0.1, 0.15) is 18.4 Å². The number of nitrogen functional groups attached to an aromatic ring is 1. The Kier molecular flexibility index (Phi) is 3.25. The van der Waals surface area contributed by atoms with Gasteiger partial charge in [0.05, 0.1) is 6.20 Å². The summed E-state index contributed by atoms with van der Waals surface area (Å²) in [6.45, 7) is 0.770. The molecular weight excluding hydrogens is 260 g/mol. The maximum atomic E-state index is 6.20. The molecule has 0 bridgehead atoms. The average molecular weight is 275 g/mol. The first-order chi connectivity index (χ1) is 9.24. The Hall–Kier alpha value is -1.81. The molecule has 0 radical (unpaired) electrons. The molecule has 0 saturated heterocycles. The third-order valence-corrected chi connectivity index (χ3v) is 3.48. The molecule has 1 aliphatic carbocycles. The van der Waals surface area contributed by atoms with Crippen molar-refractivity contribution in [3.63, 3.8) is 0 Å². The van der Waals surface area contributed by atoms with Crippen molar-refractivity contribution in [2.24, 2.45) is 0 Å². The van der Waals surface area contributed by atoms with Crippen LogP contribution in [-0.4, -0.2) is 16.0 Å². The molecule has 1 fully saturated rings. The van der Waals surface area contributed by atoms with Gasteiger partial charge in [0.15, 0.2) is 5.82 Å². The lowest BCUT2D eigenvalue weighted by Crippen LogP contribution is -2.26. The first-order valence-electron chi connectivity index (χ1n) is 6.30. The second kappa shape index (κ2) is 5.05. The molecule has 1 saturated carbocycles. The second-order valence-corrected chi connectivity index (χ2v) is 5.21. The van der Waals surface area contributed by atoms with Crippen LogP contribution in [0, 0.1) is 0 Å². The van der Waals surface area contributed by atoms with Gasteiger partial charge in [0.1, 0.15) is 11.3 Å². The summed E-state index contributed by atoms with van der Waals surface area (Å²) in [5.41, 5.74) is 7.77. The van der Waals surface area contributed by atoms with Crippen LogP contribution in [-0.2, 0) is 6.54 Å². The highest BCUT2D eigenvalue weighted by molar-refractivity contribution is 6.32. The van der Waals surface area contributed by atoms with Gasteiger partial charge in [-0.25, -0.2) is 9.97 Å². The summed E-state index contributed by atoms with van der Waals surface area (Å²) in [7, 11) is 0. The molecule has 1 aliphatic rings. The minimum Gasteiger partial charge on any atom is -0.399 e. The van der Waals surface area contributed by atoms with Crippen LogP contribution in [0.3, 0.4) is 0 Å². The van der Waals surface area contributed by atoms with Crippen molar-refractivity contribution < 1.29 is 0 Å². The summed E-state index contributed by atoms with van der Waals surface area (Å²) in [4.78, 5) is 10.5. The van der Waals surface area contributed by atoms with Crippen molar-refractivity contribution in [2.75, 3.05) is 10.6 Å². The van der Waals surface area contributed by atoms with E-state index in [2.05, 4.69) is 20.9 Å². The van der Waals surface area contributed by atoms with Gasteiger partial charge in [-0.1, -0.05) is 23.7 Å². The zero-order valence-electron chi connectivity index (χ0n) is 10.5. The lowest BCUT2D eigenvalue weighted by molar-refractivity contribution is 0.775. The molecule has 98 valence electrons. The fourth-order valence-corrected chi connectivity index (χ4v) is 2.38. The van der Waals surface area contributed by atoms with E-state index in [1.54, 1.807) is 6.20 Å². The molecule has 1 heterocycles. The van der Waals surface area contributed by atoms with E-state index in [-0.39, 0.29) is 0 Å². The summed E-state index contributed by atoms with van der Waals surface area (Å²) in [5.74, 6) is 0.807. The van der Waals surface area contributed by atoms with Gasteiger partial charge in [0, 0.05) is 18.3 Å². The molecule has 2 aromatic rings. The lowest BCUT2D eigenvalue weighted by atomic mass is 10.2. The fourth-order valence-electron chi connectivity index (χ4n) is 2.17. The van der Waals surface area contributed by atoms with E-state index in [1.807, 2.05) is 18.2 Å². The largest absolute Gasteiger partial charge is 0.399 e. The molecule has 19 heavy (non-hydrogen) atoms. The van der Waals surface area contributed by atoms with Crippen molar-refractivity contribution in [3.05, 3.63) is 47.4 Å². The van der Waals surface area contributed by atoms with E-state index in [9.17, 15) is 0 Å². The Bertz CT molecular complexity index is 583. The van der Waals surface area contributed by atoms with Gasteiger partial charge in [-0.15, -0.1) is 0 Å². The maximum absolute atomic E-state index is 6.20. The number of hydrogen-bond donors (Lipinski definition) is 1. The number of anilines is 2. The molecule has 3 rings (SSSR count). The Morgan fingerprint density at radius 3 is 2.89 bits per heavy atom. The summed E-state index contributed by atoms with van der Waals surface area (Å²) in [5, 5.41) is 0.596. The SMILES string of the molecule is Nc1cccc(CN(c2ncncc2Cl)C2CC2)c1. The third-order valence-electron chi connectivity index (χ3n) is 3.21. The summed E-state index contributed by atoms with van der Waals surface area (Å²) in [6.07, 6.45) is 5.54. The van der Waals surface area contributed by atoms with Crippen molar-refractivity contribution in [1.29, 1.82) is 0 Å². The van der Waals surface area contributed by atoms with Crippen molar-refractivity contribution in [3.8, 4) is 0 Å². The monoisotopic (exact) mass is 274 g/mol. The number of halogens is 1. The summed E-state index contributed by atoms with van der Waals surface area (Å²) >= 11 is 6.20. The van der Waals surface area contributed by atoms with Gasteiger partial charge in [0.2, 0.25) is 0 Å².